The summed E-state index contributed by atoms with van der Waals surface area (Å²) >= 11 is 5.97. The summed E-state index contributed by atoms with van der Waals surface area (Å²) in [4.78, 5) is 0. The van der Waals surface area contributed by atoms with E-state index >= 15 is 0 Å². The molecule has 0 bridgehead atoms. The average molecular weight is 244 g/mol. The van der Waals surface area contributed by atoms with E-state index in [1.165, 1.54) is 0 Å². The lowest BCUT2D eigenvalue weighted by Gasteiger charge is -2.27. The normalized spacial score (nSPS) is 25.4. The van der Waals surface area contributed by atoms with E-state index in [4.69, 9.17) is 22.1 Å². The molecule has 0 unspecified atom stereocenters. The molecule has 0 radical (unpaired) electrons. The second-order valence-electron chi connectivity index (χ2n) is 4.15. The maximum Gasteiger partial charge on any atom is 0.138 e. The number of nitrogen functional groups attached to an aromatic ring is 1. The summed E-state index contributed by atoms with van der Waals surface area (Å²) in [5, 5.41) is 0.442. The van der Waals surface area contributed by atoms with Gasteiger partial charge in [-0.2, -0.15) is 0 Å². The minimum Gasteiger partial charge on any atom is -0.486 e. The van der Waals surface area contributed by atoms with Gasteiger partial charge in [0.25, 0.3) is 0 Å². The summed E-state index contributed by atoms with van der Waals surface area (Å²) in [6.45, 7) is 0. The van der Waals surface area contributed by atoms with Crippen molar-refractivity contribution < 1.29 is 9.13 Å². The van der Waals surface area contributed by atoms with Gasteiger partial charge in [0.05, 0.1) is 5.02 Å². The first-order chi connectivity index (χ1) is 7.66. The van der Waals surface area contributed by atoms with Crippen LogP contribution in [0.1, 0.15) is 25.7 Å². The highest BCUT2D eigenvalue weighted by Gasteiger charge is 2.26. The molecule has 2 N–H and O–H groups in total. The van der Waals surface area contributed by atoms with Gasteiger partial charge in [0.15, 0.2) is 0 Å². The van der Waals surface area contributed by atoms with Gasteiger partial charge in [0.1, 0.15) is 18.0 Å². The van der Waals surface area contributed by atoms with Gasteiger partial charge in [-0.15, -0.1) is 0 Å². The van der Waals surface area contributed by atoms with Crippen LogP contribution in [-0.2, 0) is 0 Å². The van der Waals surface area contributed by atoms with Crippen molar-refractivity contribution in [1.29, 1.82) is 0 Å². The maximum atomic E-state index is 13.6. The summed E-state index contributed by atoms with van der Waals surface area (Å²) < 4.78 is 19.1. The van der Waals surface area contributed by atoms with E-state index in [-0.39, 0.29) is 6.10 Å². The van der Waals surface area contributed by atoms with Crippen LogP contribution in [0.5, 0.6) is 5.75 Å². The van der Waals surface area contributed by atoms with Crippen molar-refractivity contribution in [1.82, 2.24) is 0 Å². The Hall–Kier alpha value is -0.960. The Labute approximate surface area is 99.5 Å². The summed E-state index contributed by atoms with van der Waals surface area (Å²) in [6, 6.07) is 5.02. The van der Waals surface area contributed by atoms with E-state index in [1.54, 1.807) is 18.2 Å². The molecule has 0 amide bonds. The average Bonchev–Trinajstić information content (AvgIpc) is 2.25. The number of anilines is 1. The highest BCUT2D eigenvalue weighted by atomic mass is 35.5. The molecule has 1 aromatic carbocycles. The van der Waals surface area contributed by atoms with E-state index in [0.717, 1.165) is 19.3 Å². The number of benzene rings is 1. The lowest BCUT2D eigenvalue weighted by Crippen LogP contribution is -2.31. The Morgan fingerprint density at radius 1 is 1.31 bits per heavy atom. The molecular formula is C12H15ClFNO. The SMILES string of the molecule is Nc1ccc(O[C@H]2CCCC[C@@H]2F)c(Cl)c1. The van der Waals surface area contributed by atoms with E-state index in [2.05, 4.69) is 0 Å². The maximum absolute atomic E-state index is 13.6. The largest absolute Gasteiger partial charge is 0.486 e. The molecule has 16 heavy (non-hydrogen) atoms. The van der Waals surface area contributed by atoms with Crippen molar-refractivity contribution in [2.75, 3.05) is 5.73 Å². The van der Waals surface area contributed by atoms with Gasteiger partial charge in [-0.1, -0.05) is 18.0 Å². The second-order valence-corrected chi connectivity index (χ2v) is 4.55. The Morgan fingerprint density at radius 2 is 2.06 bits per heavy atom. The second kappa shape index (κ2) is 4.91. The van der Waals surface area contributed by atoms with Crippen LogP contribution in [0.4, 0.5) is 10.1 Å². The number of alkyl halides is 1. The summed E-state index contributed by atoms with van der Waals surface area (Å²) in [7, 11) is 0. The third-order valence-electron chi connectivity index (χ3n) is 2.86. The fraction of sp³-hybridized carbons (Fsp3) is 0.500. The van der Waals surface area contributed by atoms with Gasteiger partial charge in [0, 0.05) is 5.69 Å². The first-order valence-corrected chi connectivity index (χ1v) is 5.90. The van der Waals surface area contributed by atoms with Crippen molar-refractivity contribution in [2.45, 2.75) is 38.0 Å². The Bertz CT molecular complexity index is 372. The smallest absolute Gasteiger partial charge is 0.138 e. The van der Waals surface area contributed by atoms with Crippen molar-refractivity contribution >= 4 is 17.3 Å². The van der Waals surface area contributed by atoms with E-state index in [9.17, 15) is 4.39 Å². The first-order valence-electron chi connectivity index (χ1n) is 5.52. The molecule has 88 valence electrons. The third kappa shape index (κ3) is 2.59. The summed E-state index contributed by atoms with van der Waals surface area (Å²) in [5.41, 5.74) is 6.16. The summed E-state index contributed by atoms with van der Waals surface area (Å²) in [5.74, 6) is 0.519. The molecule has 1 aromatic rings. The molecule has 2 rings (SSSR count). The molecule has 1 aliphatic rings. The van der Waals surface area contributed by atoms with Crippen LogP contribution in [0.2, 0.25) is 5.02 Å². The molecule has 0 aliphatic heterocycles. The van der Waals surface area contributed by atoms with Crippen LogP contribution in [-0.4, -0.2) is 12.3 Å². The minimum absolute atomic E-state index is 0.366. The number of rotatable bonds is 2. The van der Waals surface area contributed by atoms with Gasteiger partial charge in [0.2, 0.25) is 0 Å². The zero-order valence-corrected chi connectivity index (χ0v) is 9.71. The molecule has 0 heterocycles. The number of hydrogen-bond donors (Lipinski definition) is 1. The molecule has 1 aliphatic carbocycles. The van der Waals surface area contributed by atoms with Crippen LogP contribution in [0, 0.1) is 0 Å². The molecule has 0 saturated heterocycles. The van der Waals surface area contributed by atoms with Gasteiger partial charge in [-0.05, 0) is 37.5 Å². The Balaban J connectivity index is 2.07. The standard InChI is InChI=1S/C12H15ClFNO/c13-9-7-8(15)5-6-11(9)16-12-4-2-1-3-10(12)14/h5-7,10,12H,1-4,15H2/t10-,12-/m0/s1. The predicted molar refractivity (Wildman–Crippen MR) is 63.6 cm³/mol. The first kappa shape index (κ1) is 11.5. The molecule has 0 spiro atoms. The van der Waals surface area contributed by atoms with E-state index in [0.29, 0.717) is 22.9 Å². The molecular weight excluding hydrogens is 229 g/mol. The highest BCUT2D eigenvalue weighted by molar-refractivity contribution is 6.32. The molecule has 0 aromatic heterocycles. The quantitative estimate of drug-likeness (QED) is 0.806. The van der Waals surface area contributed by atoms with E-state index < -0.39 is 6.17 Å². The predicted octanol–water partition coefficient (Wildman–Crippen LogP) is 3.58. The number of hydrogen-bond acceptors (Lipinski definition) is 2. The van der Waals surface area contributed by atoms with Crippen molar-refractivity contribution in [3.05, 3.63) is 23.2 Å². The van der Waals surface area contributed by atoms with Crippen molar-refractivity contribution in [3.8, 4) is 5.75 Å². The summed E-state index contributed by atoms with van der Waals surface area (Å²) in [6.07, 6.45) is 2.03. The zero-order valence-electron chi connectivity index (χ0n) is 8.96. The molecule has 2 atom stereocenters. The van der Waals surface area contributed by atoms with Crippen molar-refractivity contribution in [3.63, 3.8) is 0 Å². The number of ether oxygens (including phenoxy) is 1. The molecule has 4 heteroatoms. The molecule has 1 saturated carbocycles. The monoisotopic (exact) mass is 243 g/mol. The van der Waals surface area contributed by atoms with Crippen LogP contribution in [0.15, 0.2) is 18.2 Å². The molecule has 2 nitrogen and oxygen atoms in total. The van der Waals surface area contributed by atoms with Crippen LogP contribution < -0.4 is 10.5 Å². The van der Waals surface area contributed by atoms with Gasteiger partial charge in [-0.3, -0.25) is 0 Å². The minimum atomic E-state index is -0.887. The van der Waals surface area contributed by atoms with Gasteiger partial charge < -0.3 is 10.5 Å². The number of nitrogens with two attached hydrogens (primary N) is 1. The van der Waals surface area contributed by atoms with Crippen LogP contribution in [0.3, 0.4) is 0 Å². The highest BCUT2D eigenvalue weighted by Crippen LogP contribution is 2.31. The van der Waals surface area contributed by atoms with Gasteiger partial charge in [-0.25, -0.2) is 4.39 Å². The van der Waals surface area contributed by atoms with Crippen LogP contribution in [0.25, 0.3) is 0 Å². The topological polar surface area (TPSA) is 35.2 Å². The zero-order chi connectivity index (χ0) is 11.5. The Morgan fingerprint density at radius 3 is 2.75 bits per heavy atom. The van der Waals surface area contributed by atoms with E-state index in [1.807, 2.05) is 0 Å². The fourth-order valence-corrected chi connectivity index (χ4v) is 2.19. The number of halogens is 2. The fourth-order valence-electron chi connectivity index (χ4n) is 1.96. The van der Waals surface area contributed by atoms with Crippen LogP contribution >= 0.6 is 11.6 Å². The van der Waals surface area contributed by atoms with Gasteiger partial charge >= 0.3 is 0 Å². The third-order valence-corrected chi connectivity index (χ3v) is 3.15. The Kier molecular flexibility index (Phi) is 3.54. The molecule has 1 fully saturated rings. The van der Waals surface area contributed by atoms with Crippen molar-refractivity contribution in [2.24, 2.45) is 0 Å². The lowest BCUT2D eigenvalue weighted by atomic mass is 9.96. The lowest BCUT2D eigenvalue weighted by molar-refractivity contribution is 0.0639.